The Labute approximate surface area is 142 Å². The molecule has 0 radical (unpaired) electrons. The Balaban J connectivity index is 1.40. The SMILES string of the molecule is O=S(=O)(NCc1ccncc1)c1ccc(N2CC3(CCC3)C2)cc1. The number of anilines is 1. The number of sulfonamides is 1. The Hall–Kier alpha value is -1.92. The third-order valence-corrected chi connectivity index (χ3v) is 6.61. The normalized spacial score (nSPS) is 18.9. The number of pyridine rings is 1. The van der Waals surface area contributed by atoms with E-state index in [1.165, 1.54) is 19.3 Å². The van der Waals surface area contributed by atoms with Crippen molar-refractivity contribution in [2.45, 2.75) is 30.7 Å². The van der Waals surface area contributed by atoms with E-state index in [-0.39, 0.29) is 6.54 Å². The summed E-state index contributed by atoms with van der Waals surface area (Å²) in [5.74, 6) is 0. The number of hydrogen-bond donors (Lipinski definition) is 1. The van der Waals surface area contributed by atoms with Gasteiger partial charge in [0.25, 0.3) is 0 Å². The van der Waals surface area contributed by atoms with Crippen molar-refractivity contribution >= 4 is 15.7 Å². The molecular formula is C18H21N3O2S. The van der Waals surface area contributed by atoms with E-state index in [0.717, 1.165) is 24.3 Å². The molecule has 1 aliphatic heterocycles. The van der Waals surface area contributed by atoms with Crippen LogP contribution in [0.25, 0.3) is 0 Å². The summed E-state index contributed by atoms with van der Waals surface area (Å²) in [4.78, 5) is 6.56. The summed E-state index contributed by atoms with van der Waals surface area (Å²) in [7, 11) is -3.49. The van der Waals surface area contributed by atoms with Crippen LogP contribution >= 0.6 is 0 Å². The largest absolute Gasteiger partial charge is 0.370 e. The minimum Gasteiger partial charge on any atom is -0.370 e. The summed E-state index contributed by atoms with van der Waals surface area (Å²) >= 11 is 0. The van der Waals surface area contributed by atoms with Crippen molar-refractivity contribution in [1.29, 1.82) is 0 Å². The Kier molecular flexibility index (Phi) is 3.81. The number of rotatable bonds is 5. The molecule has 2 heterocycles. The van der Waals surface area contributed by atoms with E-state index >= 15 is 0 Å². The third kappa shape index (κ3) is 2.91. The molecule has 1 N–H and O–H groups in total. The van der Waals surface area contributed by atoms with Gasteiger partial charge in [-0.3, -0.25) is 4.98 Å². The van der Waals surface area contributed by atoms with Crippen LogP contribution in [0.1, 0.15) is 24.8 Å². The first-order valence-electron chi connectivity index (χ1n) is 8.30. The van der Waals surface area contributed by atoms with E-state index in [0.29, 0.717) is 10.3 Å². The average molecular weight is 343 g/mol. The lowest BCUT2D eigenvalue weighted by Crippen LogP contribution is -2.59. The Morgan fingerprint density at radius 1 is 1.04 bits per heavy atom. The third-order valence-electron chi connectivity index (χ3n) is 5.19. The van der Waals surface area contributed by atoms with Crippen LogP contribution in [0.3, 0.4) is 0 Å². The Morgan fingerprint density at radius 2 is 1.71 bits per heavy atom. The molecule has 2 aliphatic rings. The van der Waals surface area contributed by atoms with Crippen LogP contribution in [0.5, 0.6) is 0 Å². The summed E-state index contributed by atoms with van der Waals surface area (Å²) in [6, 6.07) is 10.8. The van der Waals surface area contributed by atoms with Gasteiger partial charge in [0.1, 0.15) is 0 Å². The molecule has 2 fully saturated rings. The van der Waals surface area contributed by atoms with Crippen molar-refractivity contribution in [3.8, 4) is 0 Å². The molecule has 0 atom stereocenters. The summed E-state index contributed by atoms with van der Waals surface area (Å²) < 4.78 is 27.4. The molecule has 5 nitrogen and oxygen atoms in total. The molecule has 0 bridgehead atoms. The lowest BCUT2D eigenvalue weighted by Gasteiger charge is -2.57. The van der Waals surface area contributed by atoms with Crippen LogP contribution in [-0.4, -0.2) is 26.5 Å². The van der Waals surface area contributed by atoms with E-state index < -0.39 is 10.0 Å². The second kappa shape index (κ2) is 5.86. The average Bonchev–Trinajstić information content (AvgIpc) is 2.52. The lowest BCUT2D eigenvalue weighted by atomic mass is 9.63. The van der Waals surface area contributed by atoms with Gasteiger partial charge in [0.05, 0.1) is 4.90 Å². The van der Waals surface area contributed by atoms with Crippen LogP contribution in [-0.2, 0) is 16.6 Å². The zero-order valence-electron chi connectivity index (χ0n) is 13.5. The fraction of sp³-hybridized carbons (Fsp3) is 0.389. The monoisotopic (exact) mass is 343 g/mol. The molecule has 0 amide bonds. The maximum Gasteiger partial charge on any atom is 0.240 e. The highest BCUT2D eigenvalue weighted by atomic mass is 32.2. The number of nitrogens with one attached hydrogen (secondary N) is 1. The highest BCUT2D eigenvalue weighted by Crippen LogP contribution is 2.49. The fourth-order valence-corrected chi connectivity index (χ4v) is 4.56. The van der Waals surface area contributed by atoms with Crippen molar-refractivity contribution in [3.05, 3.63) is 54.4 Å². The van der Waals surface area contributed by atoms with Gasteiger partial charge in [-0.1, -0.05) is 6.42 Å². The zero-order valence-corrected chi connectivity index (χ0v) is 14.3. The summed E-state index contributed by atoms with van der Waals surface area (Å²) in [5.41, 5.74) is 2.56. The Bertz CT molecular complexity index is 807. The number of benzene rings is 1. The van der Waals surface area contributed by atoms with Crippen LogP contribution in [0.15, 0.2) is 53.7 Å². The molecule has 4 rings (SSSR count). The first kappa shape index (κ1) is 15.6. The number of aromatic nitrogens is 1. The van der Waals surface area contributed by atoms with E-state index in [1.54, 1.807) is 36.7 Å². The van der Waals surface area contributed by atoms with Gasteiger partial charge in [0, 0.05) is 43.1 Å². The van der Waals surface area contributed by atoms with E-state index in [2.05, 4.69) is 14.6 Å². The fourth-order valence-electron chi connectivity index (χ4n) is 3.54. The summed E-state index contributed by atoms with van der Waals surface area (Å²) in [6.45, 7) is 2.49. The van der Waals surface area contributed by atoms with Crippen molar-refractivity contribution < 1.29 is 8.42 Å². The predicted molar refractivity (Wildman–Crippen MR) is 93.2 cm³/mol. The summed E-state index contributed by atoms with van der Waals surface area (Å²) in [5, 5.41) is 0. The molecule has 1 spiro atoms. The van der Waals surface area contributed by atoms with Gasteiger partial charge in [-0.25, -0.2) is 13.1 Å². The first-order chi connectivity index (χ1) is 11.6. The van der Waals surface area contributed by atoms with E-state index in [9.17, 15) is 8.42 Å². The highest BCUT2D eigenvalue weighted by molar-refractivity contribution is 7.89. The molecule has 1 saturated heterocycles. The standard InChI is InChI=1S/C18H21N3O2S/c22-24(23,20-12-15-6-10-19-11-7-15)17-4-2-16(3-5-17)21-13-18(14-21)8-1-9-18/h2-7,10-11,20H,1,8-9,12-14H2. The molecule has 6 heteroatoms. The van der Waals surface area contributed by atoms with Gasteiger partial charge < -0.3 is 4.90 Å². The lowest BCUT2D eigenvalue weighted by molar-refractivity contribution is 0.0904. The minimum absolute atomic E-state index is 0.265. The summed E-state index contributed by atoms with van der Waals surface area (Å²) in [6.07, 6.45) is 7.35. The van der Waals surface area contributed by atoms with Crippen molar-refractivity contribution in [2.75, 3.05) is 18.0 Å². The van der Waals surface area contributed by atoms with Crippen LogP contribution < -0.4 is 9.62 Å². The van der Waals surface area contributed by atoms with Crippen molar-refractivity contribution in [3.63, 3.8) is 0 Å². The zero-order chi connectivity index (χ0) is 16.6. The molecule has 24 heavy (non-hydrogen) atoms. The Morgan fingerprint density at radius 3 is 2.29 bits per heavy atom. The van der Waals surface area contributed by atoms with E-state index in [1.807, 2.05) is 12.1 Å². The van der Waals surface area contributed by atoms with Gasteiger partial charge in [0.2, 0.25) is 10.0 Å². The van der Waals surface area contributed by atoms with Gasteiger partial charge in [0.15, 0.2) is 0 Å². The molecule has 0 unspecified atom stereocenters. The molecular weight excluding hydrogens is 322 g/mol. The second-order valence-electron chi connectivity index (χ2n) is 6.88. The van der Waals surface area contributed by atoms with Gasteiger partial charge in [-0.05, 0) is 54.8 Å². The van der Waals surface area contributed by atoms with Crippen LogP contribution in [0.2, 0.25) is 0 Å². The minimum atomic E-state index is -3.49. The first-order valence-corrected chi connectivity index (χ1v) is 9.78. The molecule has 1 aliphatic carbocycles. The van der Waals surface area contributed by atoms with Crippen LogP contribution in [0.4, 0.5) is 5.69 Å². The number of nitrogens with zero attached hydrogens (tertiary/aromatic N) is 2. The predicted octanol–water partition coefficient (Wildman–Crippen LogP) is 2.55. The van der Waals surface area contributed by atoms with Gasteiger partial charge in [-0.2, -0.15) is 0 Å². The van der Waals surface area contributed by atoms with Crippen molar-refractivity contribution in [1.82, 2.24) is 9.71 Å². The highest BCUT2D eigenvalue weighted by Gasteiger charge is 2.47. The maximum atomic E-state index is 12.4. The molecule has 2 aromatic rings. The van der Waals surface area contributed by atoms with Gasteiger partial charge >= 0.3 is 0 Å². The second-order valence-corrected chi connectivity index (χ2v) is 8.65. The topological polar surface area (TPSA) is 62.3 Å². The molecule has 1 aromatic carbocycles. The molecule has 1 saturated carbocycles. The maximum absolute atomic E-state index is 12.4. The molecule has 1 aromatic heterocycles. The number of hydrogen-bond acceptors (Lipinski definition) is 4. The molecule has 126 valence electrons. The van der Waals surface area contributed by atoms with E-state index in [4.69, 9.17) is 0 Å². The van der Waals surface area contributed by atoms with Crippen molar-refractivity contribution in [2.24, 2.45) is 5.41 Å². The van der Waals surface area contributed by atoms with Crippen LogP contribution in [0, 0.1) is 5.41 Å². The quantitative estimate of drug-likeness (QED) is 0.906. The van der Waals surface area contributed by atoms with Gasteiger partial charge in [-0.15, -0.1) is 0 Å². The smallest absolute Gasteiger partial charge is 0.240 e.